The summed E-state index contributed by atoms with van der Waals surface area (Å²) in [5.41, 5.74) is 3.12. The number of nitrogens with one attached hydrogen (secondary N) is 2. The maximum Gasteiger partial charge on any atom is 0.237 e. The minimum absolute atomic E-state index is 0.0519. The fourth-order valence-corrected chi connectivity index (χ4v) is 3.05. The highest BCUT2D eigenvalue weighted by atomic mass is 16.2. The summed E-state index contributed by atoms with van der Waals surface area (Å²) >= 11 is 0. The first kappa shape index (κ1) is 16.7. The number of amides is 1. The van der Waals surface area contributed by atoms with E-state index in [0.29, 0.717) is 5.92 Å². The Balaban J connectivity index is 1.85. The van der Waals surface area contributed by atoms with Crippen molar-refractivity contribution < 1.29 is 4.79 Å². The topological polar surface area (TPSA) is 54.0 Å². The minimum Gasteiger partial charge on any atom is -0.342 e. The summed E-state index contributed by atoms with van der Waals surface area (Å²) in [4.78, 5) is 17.2. The Labute approximate surface area is 143 Å². The molecule has 126 valence electrons. The van der Waals surface area contributed by atoms with Gasteiger partial charge in [-0.15, -0.1) is 0 Å². The van der Waals surface area contributed by atoms with Gasteiger partial charge in [0.25, 0.3) is 0 Å². The molecule has 1 aliphatic rings. The van der Waals surface area contributed by atoms with Crippen molar-refractivity contribution >= 4 is 5.91 Å². The van der Waals surface area contributed by atoms with Crippen LogP contribution in [0.4, 0.5) is 0 Å². The van der Waals surface area contributed by atoms with Gasteiger partial charge in [-0.25, -0.2) is 0 Å². The molecule has 4 heteroatoms. The van der Waals surface area contributed by atoms with Gasteiger partial charge in [0.1, 0.15) is 0 Å². The normalized spacial score (nSPS) is 18.5. The Morgan fingerprint density at radius 1 is 1.17 bits per heavy atom. The van der Waals surface area contributed by atoms with Crippen LogP contribution in [0.15, 0.2) is 48.7 Å². The predicted octanol–water partition coefficient (Wildman–Crippen LogP) is 3.16. The Morgan fingerprint density at radius 3 is 2.54 bits per heavy atom. The number of benzene rings is 1. The first-order valence-corrected chi connectivity index (χ1v) is 8.69. The third-order valence-corrected chi connectivity index (χ3v) is 4.57. The number of hydrogen-bond donors (Lipinski definition) is 2. The van der Waals surface area contributed by atoms with Crippen LogP contribution in [0.1, 0.15) is 55.5 Å². The molecule has 2 atom stereocenters. The molecule has 1 aromatic heterocycles. The Kier molecular flexibility index (Phi) is 5.26. The van der Waals surface area contributed by atoms with Gasteiger partial charge in [0.15, 0.2) is 0 Å². The lowest BCUT2D eigenvalue weighted by Crippen LogP contribution is -2.42. The van der Waals surface area contributed by atoms with Gasteiger partial charge in [-0.1, -0.05) is 50.2 Å². The van der Waals surface area contributed by atoms with E-state index >= 15 is 0 Å². The summed E-state index contributed by atoms with van der Waals surface area (Å²) in [7, 11) is 0. The summed E-state index contributed by atoms with van der Waals surface area (Å²) in [6.07, 6.45) is 3.86. The van der Waals surface area contributed by atoms with Crippen LogP contribution in [0.2, 0.25) is 0 Å². The van der Waals surface area contributed by atoms with Crippen LogP contribution in [-0.2, 0) is 4.79 Å². The zero-order valence-electron chi connectivity index (χ0n) is 14.3. The van der Waals surface area contributed by atoms with Crippen molar-refractivity contribution in [1.82, 2.24) is 15.6 Å². The SMILES string of the molecule is CC(C)c1ccc(C(NC(=O)C2CCCN2)c2ccccc2)nc1. The van der Waals surface area contributed by atoms with Crippen LogP contribution in [-0.4, -0.2) is 23.5 Å². The molecule has 1 fully saturated rings. The number of carbonyl (C=O) groups excluding carboxylic acids is 1. The highest BCUT2D eigenvalue weighted by Crippen LogP contribution is 2.23. The highest BCUT2D eigenvalue weighted by Gasteiger charge is 2.26. The summed E-state index contributed by atoms with van der Waals surface area (Å²) in [6, 6.07) is 13.8. The molecule has 0 spiro atoms. The van der Waals surface area contributed by atoms with E-state index < -0.39 is 0 Å². The molecule has 0 saturated carbocycles. The Morgan fingerprint density at radius 2 is 1.96 bits per heavy atom. The maximum absolute atomic E-state index is 12.6. The van der Waals surface area contributed by atoms with Gasteiger partial charge in [0.05, 0.1) is 17.8 Å². The fraction of sp³-hybridized carbons (Fsp3) is 0.400. The molecule has 2 N–H and O–H groups in total. The average molecular weight is 323 g/mol. The second-order valence-electron chi connectivity index (χ2n) is 6.67. The van der Waals surface area contributed by atoms with Gasteiger partial charge in [0.2, 0.25) is 5.91 Å². The van der Waals surface area contributed by atoms with Crippen molar-refractivity contribution in [3.63, 3.8) is 0 Å². The predicted molar refractivity (Wildman–Crippen MR) is 95.8 cm³/mol. The first-order valence-electron chi connectivity index (χ1n) is 8.69. The number of rotatable bonds is 5. The van der Waals surface area contributed by atoms with Crippen LogP contribution in [0, 0.1) is 0 Å². The summed E-state index contributed by atoms with van der Waals surface area (Å²) in [5.74, 6) is 0.495. The largest absolute Gasteiger partial charge is 0.342 e. The second kappa shape index (κ2) is 7.58. The van der Waals surface area contributed by atoms with E-state index in [1.54, 1.807) is 0 Å². The van der Waals surface area contributed by atoms with Crippen molar-refractivity contribution in [1.29, 1.82) is 0 Å². The van der Waals surface area contributed by atoms with E-state index in [2.05, 4.69) is 35.5 Å². The van der Waals surface area contributed by atoms with E-state index in [1.807, 2.05) is 42.6 Å². The Hall–Kier alpha value is -2.20. The third-order valence-electron chi connectivity index (χ3n) is 4.57. The quantitative estimate of drug-likeness (QED) is 0.888. The van der Waals surface area contributed by atoms with Gasteiger partial charge in [-0.3, -0.25) is 9.78 Å². The van der Waals surface area contributed by atoms with Gasteiger partial charge in [-0.05, 0) is 42.5 Å². The van der Waals surface area contributed by atoms with Crippen LogP contribution >= 0.6 is 0 Å². The van der Waals surface area contributed by atoms with Crippen LogP contribution in [0.3, 0.4) is 0 Å². The molecule has 0 radical (unpaired) electrons. The van der Waals surface area contributed by atoms with E-state index in [-0.39, 0.29) is 18.0 Å². The highest BCUT2D eigenvalue weighted by molar-refractivity contribution is 5.82. The maximum atomic E-state index is 12.6. The minimum atomic E-state index is -0.220. The number of pyridine rings is 1. The molecule has 0 aliphatic carbocycles. The second-order valence-corrected chi connectivity index (χ2v) is 6.67. The van der Waals surface area contributed by atoms with Crippen molar-refractivity contribution in [3.8, 4) is 0 Å². The molecule has 1 saturated heterocycles. The third kappa shape index (κ3) is 3.82. The summed E-state index contributed by atoms with van der Waals surface area (Å²) in [5, 5.41) is 6.43. The van der Waals surface area contributed by atoms with Gasteiger partial charge < -0.3 is 10.6 Å². The van der Waals surface area contributed by atoms with Crippen molar-refractivity contribution in [2.75, 3.05) is 6.54 Å². The molecule has 2 unspecified atom stereocenters. The van der Waals surface area contributed by atoms with Gasteiger partial charge >= 0.3 is 0 Å². The number of aromatic nitrogens is 1. The van der Waals surface area contributed by atoms with Crippen LogP contribution in [0.25, 0.3) is 0 Å². The number of hydrogen-bond acceptors (Lipinski definition) is 3. The van der Waals surface area contributed by atoms with E-state index in [0.717, 1.165) is 30.6 Å². The zero-order chi connectivity index (χ0) is 16.9. The number of carbonyl (C=O) groups is 1. The molecular weight excluding hydrogens is 298 g/mol. The average Bonchev–Trinajstić information content (AvgIpc) is 3.15. The fourth-order valence-electron chi connectivity index (χ4n) is 3.05. The van der Waals surface area contributed by atoms with Crippen molar-refractivity contribution in [2.45, 2.75) is 44.7 Å². The van der Waals surface area contributed by atoms with Crippen molar-refractivity contribution in [3.05, 3.63) is 65.5 Å². The molecule has 3 rings (SSSR count). The summed E-state index contributed by atoms with van der Waals surface area (Å²) in [6.45, 7) is 5.22. The van der Waals surface area contributed by atoms with Gasteiger partial charge in [-0.2, -0.15) is 0 Å². The van der Waals surface area contributed by atoms with Crippen LogP contribution in [0.5, 0.6) is 0 Å². The first-order chi connectivity index (χ1) is 11.6. The van der Waals surface area contributed by atoms with E-state index in [1.165, 1.54) is 5.56 Å². The number of nitrogens with zero attached hydrogens (tertiary/aromatic N) is 1. The molecule has 2 aromatic rings. The molecule has 1 amide bonds. The lowest BCUT2D eigenvalue weighted by Gasteiger charge is -2.21. The molecule has 1 aromatic carbocycles. The standard InChI is InChI=1S/C20H25N3O/c1-14(2)16-10-11-17(22-13-16)19(15-7-4-3-5-8-15)23-20(24)18-9-6-12-21-18/h3-5,7-8,10-11,13-14,18-19,21H,6,9,12H2,1-2H3,(H,23,24). The summed E-state index contributed by atoms with van der Waals surface area (Å²) < 4.78 is 0. The van der Waals surface area contributed by atoms with E-state index in [9.17, 15) is 4.79 Å². The molecule has 4 nitrogen and oxygen atoms in total. The monoisotopic (exact) mass is 323 g/mol. The zero-order valence-corrected chi connectivity index (χ0v) is 14.3. The molecule has 2 heterocycles. The molecule has 0 bridgehead atoms. The molecular formula is C20H25N3O. The molecule has 1 aliphatic heterocycles. The van der Waals surface area contributed by atoms with E-state index in [4.69, 9.17) is 0 Å². The lowest BCUT2D eigenvalue weighted by atomic mass is 10.00. The van der Waals surface area contributed by atoms with Crippen LogP contribution < -0.4 is 10.6 Å². The molecule has 24 heavy (non-hydrogen) atoms. The Bertz CT molecular complexity index is 661. The smallest absolute Gasteiger partial charge is 0.237 e. The van der Waals surface area contributed by atoms with Gasteiger partial charge in [0, 0.05) is 6.20 Å². The van der Waals surface area contributed by atoms with Crippen molar-refractivity contribution in [2.24, 2.45) is 0 Å². The lowest BCUT2D eigenvalue weighted by molar-refractivity contribution is -0.123.